The van der Waals surface area contributed by atoms with E-state index in [2.05, 4.69) is 5.32 Å². The fraction of sp³-hybridized carbons (Fsp3) is 0.278. The molecule has 23 heavy (non-hydrogen) atoms. The number of likely N-dealkylation sites (tertiary alicyclic amines) is 1. The van der Waals surface area contributed by atoms with Crippen LogP contribution in [0.2, 0.25) is 5.02 Å². The second-order valence-electron chi connectivity index (χ2n) is 5.76. The lowest BCUT2D eigenvalue weighted by Gasteiger charge is -2.26. The van der Waals surface area contributed by atoms with Gasteiger partial charge < -0.3 is 10.2 Å². The summed E-state index contributed by atoms with van der Waals surface area (Å²) >= 11 is 5.99. The van der Waals surface area contributed by atoms with E-state index in [1.54, 1.807) is 35.2 Å². The third-order valence-electron chi connectivity index (χ3n) is 4.22. The highest BCUT2D eigenvalue weighted by Gasteiger charge is 2.31. The number of nitrogens with one attached hydrogen (secondary N) is 1. The van der Waals surface area contributed by atoms with E-state index >= 15 is 0 Å². The normalized spacial score (nSPS) is 17.3. The summed E-state index contributed by atoms with van der Waals surface area (Å²) in [5, 5.41) is 3.46. The SMILES string of the molecule is Cc1ccc(Cl)cc1NC(=O)N1CCC[C@@H]1c1ccccc1F. The zero-order valence-electron chi connectivity index (χ0n) is 12.9. The zero-order valence-corrected chi connectivity index (χ0v) is 13.6. The van der Waals surface area contributed by atoms with E-state index in [1.165, 1.54) is 6.07 Å². The van der Waals surface area contributed by atoms with E-state index in [0.29, 0.717) is 22.8 Å². The molecule has 0 aliphatic carbocycles. The fourth-order valence-corrected chi connectivity index (χ4v) is 3.17. The smallest absolute Gasteiger partial charge is 0.317 e. The largest absolute Gasteiger partial charge is 0.322 e. The van der Waals surface area contributed by atoms with Crippen LogP contribution in [0, 0.1) is 12.7 Å². The monoisotopic (exact) mass is 332 g/mol. The van der Waals surface area contributed by atoms with Crippen molar-refractivity contribution < 1.29 is 9.18 Å². The number of hydrogen-bond acceptors (Lipinski definition) is 1. The number of aryl methyl sites for hydroxylation is 1. The van der Waals surface area contributed by atoms with Crippen LogP contribution in [0.1, 0.15) is 30.0 Å². The molecule has 1 aliphatic rings. The van der Waals surface area contributed by atoms with Gasteiger partial charge in [-0.2, -0.15) is 0 Å². The highest BCUT2D eigenvalue weighted by Crippen LogP contribution is 2.34. The summed E-state index contributed by atoms with van der Waals surface area (Å²) in [5.41, 5.74) is 2.19. The number of urea groups is 1. The van der Waals surface area contributed by atoms with Crippen molar-refractivity contribution in [3.05, 3.63) is 64.4 Å². The Bertz CT molecular complexity index is 735. The lowest BCUT2D eigenvalue weighted by Crippen LogP contribution is -2.35. The summed E-state index contributed by atoms with van der Waals surface area (Å²) in [6.45, 7) is 2.52. The summed E-state index contributed by atoms with van der Waals surface area (Å²) in [7, 11) is 0. The van der Waals surface area contributed by atoms with Gasteiger partial charge in [0.05, 0.1) is 6.04 Å². The van der Waals surface area contributed by atoms with Crippen molar-refractivity contribution in [2.24, 2.45) is 0 Å². The molecule has 0 saturated carbocycles. The van der Waals surface area contributed by atoms with Crippen LogP contribution in [0.5, 0.6) is 0 Å². The number of nitrogens with zero attached hydrogens (tertiary/aromatic N) is 1. The van der Waals surface area contributed by atoms with Crippen molar-refractivity contribution in [2.45, 2.75) is 25.8 Å². The second kappa shape index (κ2) is 6.59. The first kappa shape index (κ1) is 15.8. The van der Waals surface area contributed by atoms with E-state index in [4.69, 9.17) is 11.6 Å². The molecular weight excluding hydrogens is 315 g/mol. The molecule has 1 fully saturated rings. The first-order valence-corrected chi connectivity index (χ1v) is 8.02. The van der Waals surface area contributed by atoms with Gasteiger partial charge in [-0.25, -0.2) is 9.18 Å². The predicted molar refractivity (Wildman–Crippen MR) is 90.3 cm³/mol. The molecule has 2 amide bonds. The number of amides is 2. The summed E-state index contributed by atoms with van der Waals surface area (Å²) in [4.78, 5) is 14.3. The molecule has 0 radical (unpaired) electrons. The molecule has 3 rings (SSSR count). The Morgan fingerprint density at radius 2 is 2.09 bits per heavy atom. The van der Waals surface area contributed by atoms with Crippen molar-refractivity contribution in [3.8, 4) is 0 Å². The van der Waals surface area contributed by atoms with Crippen molar-refractivity contribution in [1.82, 2.24) is 4.90 Å². The van der Waals surface area contributed by atoms with Gasteiger partial charge in [0.2, 0.25) is 0 Å². The third kappa shape index (κ3) is 3.32. The number of halogens is 2. The van der Waals surface area contributed by atoms with Gasteiger partial charge in [0.15, 0.2) is 0 Å². The number of anilines is 1. The summed E-state index contributed by atoms with van der Waals surface area (Å²) in [6.07, 6.45) is 1.63. The van der Waals surface area contributed by atoms with E-state index in [0.717, 1.165) is 18.4 Å². The van der Waals surface area contributed by atoms with Gasteiger partial charge in [0.1, 0.15) is 5.82 Å². The minimum Gasteiger partial charge on any atom is -0.317 e. The van der Waals surface area contributed by atoms with E-state index in [1.807, 2.05) is 13.0 Å². The van der Waals surface area contributed by atoms with Crippen LogP contribution < -0.4 is 5.32 Å². The number of carbonyl (C=O) groups is 1. The standard InChI is InChI=1S/C18H18ClFN2O/c1-12-8-9-13(19)11-16(12)21-18(23)22-10-4-7-17(22)14-5-2-3-6-15(14)20/h2-3,5-6,8-9,11,17H,4,7,10H2,1H3,(H,21,23)/t17-/m1/s1. The summed E-state index contributed by atoms with van der Waals surface area (Å²) < 4.78 is 14.0. The molecule has 2 aromatic rings. The van der Waals surface area contributed by atoms with Crippen molar-refractivity contribution in [2.75, 3.05) is 11.9 Å². The maximum absolute atomic E-state index is 14.0. The minimum atomic E-state index is -0.267. The van der Waals surface area contributed by atoms with Crippen molar-refractivity contribution in [3.63, 3.8) is 0 Å². The lowest BCUT2D eigenvalue weighted by molar-refractivity contribution is 0.206. The zero-order chi connectivity index (χ0) is 16.4. The molecule has 2 aromatic carbocycles. The predicted octanol–water partition coefficient (Wildman–Crippen LogP) is 5.16. The molecule has 1 atom stereocenters. The average molecular weight is 333 g/mol. The number of hydrogen-bond donors (Lipinski definition) is 1. The Balaban J connectivity index is 1.81. The molecule has 0 aromatic heterocycles. The Labute approximate surface area is 140 Å². The van der Waals surface area contributed by atoms with Gasteiger partial charge in [-0.3, -0.25) is 0 Å². The average Bonchev–Trinajstić information content (AvgIpc) is 3.01. The van der Waals surface area contributed by atoms with Gasteiger partial charge in [-0.1, -0.05) is 35.9 Å². The Morgan fingerprint density at radius 3 is 2.87 bits per heavy atom. The topological polar surface area (TPSA) is 32.3 Å². The molecule has 3 nitrogen and oxygen atoms in total. The van der Waals surface area contributed by atoms with E-state index < -0.39 is 0 Å². The second-order valence-corrected chi connectivity index (χ2v) is 6.20. The Morgan fingerprint density at radius 1 is 1.30 bits per heavy atom. The molecule has 1 N–H and O–H groups in total. The maximum atomic E-state index is 14.0. The van der Waals surface area contributed by atoms with Crippen LogP contribution >= 0.6 is 11.6 Å². The number of benzene rings is 2. The Kier molecular flexibility index (Phi) is 4.53. The van der Waals surface area contributed by atoms with Crippen LogP contribution in [0.3, 0.4) is 0 Å². The molecule has 0 spiro atoms. The third-order valence-corrected chi connectivity index (χ3v) is 4.45. The van der Waals surface area contributed by atoms with Crippen molar-refractivity contribution in [1.29, 1.82) is 0 Å². The Hall–Kier alpha value is -2.07. The molecular formula is C18H18ClFN2O. The van der Waals surface area contributed by atoms with Gasteiger partial charge >= 0.3 is 6.03 Å². The molecule has 1 heterocycles. The molecule has 120 valence electrons. The molecule has 5 heteroatoms. The fourth-order valence-electron chi connectivity index (χ4n) is 2.99. The molecule has 0 bridgehead atoms. The van der Waals surface area contributed by atoms with E-state index in [9.17, 15) is 9.18 Å². The first-order chi connectivity index (χ1) is 11.1. The van der Waals surface area contributed by atoms with Gasteiger partial charge in [-0.05, 0) is 43.5 Å². The lowest BCUT2D eigenvalue weighted by atomic mass is 10.0. The van der Waals surface area contributed by atoms with Gasteiger partial charge in [-0.15, -0.1) is 0 Å². The van der Waals surface area contributed by atoms with Crippen LogP contribution in [-0.4, -0.2) is 17.5 Å². The van der Waals surface area contributed by atoms with Crippen LogP contribution in [0.15, 0.2) is 42.5 Å². The summed E-state index contributed by atoms with van der Waals surface area (Å²) in [6, 6.07) is 11.6. The first-order valence-electron chi connectivity index (χ1n) is 7.64. The molecule has 0 unspecified atom stereocenters. The van der Waals surface area contributed by atoms with Gasteiger partial charge in [0, 0.05) is 22.8 Å². The maximum Gasteiger partial charge on any atom is 0.322 e. The number of carbonyl (C=O) groups excluding carboxylic acids is 1. The van der Waals surface area contributed by atoms with Crippen molar-refractivity contribution >= 4 is 23.3 Å². The van der Waals surface area contributed by atoms with Crippen LogP contribution in [-0.2, 0) is 0 Å². The highest BCUT2D eigenvalue weighted by molar-refractivity contribution is 6.31. The summed E-state index contributed by atoms with van der Waals surface area (Å²) in [5.74, 6) is -0.267. The molecule has 1 aliphatic heterocycles. The van der Waals surface area contributed by atoms with E-state index in [-0.39, 0.29) is 17.9 Å². The minimum absolute atomic E-state index is 0.221. The molecule has 1 saturated heterocycles. The van der Waals surface area contributed by atoms with Gasteiger partial charge in [0.25, 0.3) is 0 Å². The number of rotatable bonds is 2. The highest BCUT2D eigenvalue weighted by atomic mass is 35.5. The van der Waals surface area contributed by atoms with Crippen LogP contribution in [0.4, 0.5) is 14.9 Å². The quantitative estimate of drug-likeness (QED) is 0.809. The van der Waals surface area contributed by atoms with Crippen LogP contribution in [0.25, 0.3) is 0 Å².